The van der Waals surface area contributed by atoms with E-state index >= 15 is 0 Å². The smallest absolute Gasteiger partial charge is 0.378 e. The van der Waals surface area contributed by atoms with Crippen molar-refractivity contribution in [1.29, 1.82) is 0 Å². The number of nitrogens with one attached hydrogen (secondary N) is 2. The first kappa shape index (κ1) is 25.1. The average Bonchev–Trinajstić information content (AvgIpc) is 3.65. The zero-order valence-corrected chi connectivity index (χ0v) is 19.7. The Labute approximate surface area is 201 Å². The molecule has 35 heavy (non-hydrogen) atoms. The molecule has 1 fully saturated rings. The third-order valence-electron chi connectivity index (χ3n) is 6.31. The van der Waals surface area contributed by atoms with Gasteiger partial charge in [-0.3, -0.25) is 4.79 Å². The van der Waals surface area contributed by atoms with Gasteiger partial charge in [-0.2, -0.15) is 18.3 Å². The summed E-state index contributed by atoms with van der Waals surface area (Å²) < 4.78 is 45.8. The highest BCUT2D eigenvalue weighted by molar-refractivity contribution is 5.50. The zero-order valence-electron chi connectivity index (χ0n) is 19.7. The molecule has 0 bridgehead atoms. The summed E-state index contributed by atoms with van der Waals surface area (Å²) in [6.45, 7) is 5.40. The van der Waals surface area contributed by atoms with Crippen LogP contribution in [0.15, 0.2) is 34.5 Å². The van der Waals surface area contributed by atoms with Gasteiger partial charge in [-0.1, -0.05) is 5.57 Å². The van der Waals surface area contributed by atoms with Crippen molar-refractivity contribution < 1.29 is 17.9 Å². The normalized spacial score (nSPS) is 18.5. The second kappa shape index (κ2) is 10.3. The average molecular weight is 494 g/mol. The molecule has 4 N–H and O–H groups in total. The van der Waals surface area contributed by atoms with Crippen LogP contribution in [-0.4, -0.2) is 58.6 Å². The Balaban J connectivity index is 1.36. The molecular formula is C23H30F3N7O2. The van der Waals surface area contributed by atoms with E-state index in [1.54, 1.807) is 6.92 Å². The van der Waals surface area contributed by atoms with E-state index in [0.29, 0.717) is 18.4 Å². The lowest BCUT2D eigenvalue weighted by molar-refractivity contribution is -0.138. The Bertz CT molecular complexity index is 1110. The number of anilines is 2. The van der Waals surface area contributed by atoms with Crippen LogP contribution in [0, 0.1) is 0 Å². The molecule has 3 heterocycles. The van der Waals surface area contributed by atoms with Crippen LogP contribution in [0.1, 0.15) is 50.2 Å². The molecule has 9 nitrogen and oxygen atoms in total. The van der Waals surface area contributed by atoms with Gasteiger partial charge in [-0.25, -0.2) is 15.1 Å². The molecule has 0 aromatic carbocycles. The Morgan fingerprint density at radius 1 is 1.29 bits per heavy atom. The number of alkyl halides is 3. The lowest BCUT2D eigenvalue weighted by Crippen LogP contribution is -2.38. The Morgan fingerprint density at radius 3 is 2.60 bits per heavy atom. The molecule has 2 aliphatic rings. The van der Waals surface area contributed by atoms with Gasteiger partial charge in [0.1, 0.15) is 5.56 Å². The summed E-state index contributed by atoms with van der Waals surface area (Å²) in [7, 11) is 0. The third kappa shape index (κ3) is 5.99. The molecule has 1 saturated carbocycles. The van der Waals surface area contributed by atoms with Crippen molar-refractivity contribution in [2.45, 2.75) is 57.3 Å². The van der Waals surface area contributed by atoms with Crippen LogP contribution in [0.4, 0.5) is 24.8 Å². The summed E-state index contributed by atoms with van der Waals surface area (Å²) in [5, 5.41) is 7.98. The summed E-state index contributed by atoms with van der Waals surface area (Å²) in [5.41, 5.74) is 6.37. The number of aromatic nitrogens is 4. The molecule has 1 aliphatic heterocycles. The minimum Gasteiger partial charge on any atom is -0.378 e. The number of ether oxygens (including phenoxy) is 1. The first-order valence-electron chi connectivity index (χ1n) is 11.7. The number of aromatic amines is 1. The van der Waals surface area contributed by atoms with Crippen molar-refractivity contribution in [3.05, 3.63) is 51.2 Å². The molecule has 2 aromatic rings. The van der Waals surface area contributed by atoms with Gasteiger partial charge in [0.25, 0.3) is 5.56 Å². The molecule has 0 spiro atoms. The molecule has 2 atom stereocenters. The lowest BCUT2D eigenvalue weighted by Gasteiger charge is -2.33. The van der Waals surface area contributed by atoms with Crippen LogP contribution in [-0.2, 0) is 10.9 Å². The second-order valence-electron chi connectivity index (χ2n) is 9.16. The summed E-state index contributed by atoms with van der Waals surface area (Å²) in [6.07, 6.45) is 2.73. The summed E-state index contributed by atoms with van der Waals surface area (Å²) in [5.74, 6) is 1.31. The number of nitrogens with zero attached hydrogens (tertiary/aromatic N) is 4. The van der Waals surface area contributed by atoms with Gasteiger partial charge in [-0.15, -0.1) is 0 Å². The lowest BCUT2D eigenvalue weighted by atomic mass is 9.96. The maximum Gasteiger partial charge on any atom is 0.423 e. The fourth-order valence-electron chi connectivity index (χ4n) is 4.33. The number of rotatable bonds is 9. The van der Waals surface area contributed by atoms with Gasteiger partial charge in [0.05, 0.1) is 24.6 Å². The van der Waals surface area contributed by atoms with E-state index in [4.69, 9.17) is 10.5 Å². The Kier molecular flexibility index (Phi) is 7.41. The standard InChI is InChI=1S/C23H30F3N7O2/c1-13-11-33(22-28-8-16(9-29-22)15-3-4-15)6-5-17(13)19(7-27)35-12-14(2)31-18-10-30-32-21(34)20(18)23(24,25)26/h8-10,14-15,19H,3-7,11-12,27H2,1-2H3,(H2,31,32,34)/t14?,19-/m1/s1. The molecule has 1 aliphatic carbocycles. The largest absolute Gasteiger partial charge is 0.423 e. The van der Waals surface area contributed by atoms with E-state index in [2.05, 4.69) is 25.3 Å². The number of H-pyrrole nitrogens is 1. The Hall–Kier alpha value is -2.99. The quantitative estimate of drug-likeness (QED) is 0.456. The molecule has 0 radical (unpaired) electrons. The topological polar surface area (TPSA) is 122 Å². The van der Waals surface area contributed by atoms with Gasteiger partial charge < -0.3 is 20.7 Å². The zero-order chi connectivity index (χ0) is 25.2. The van der Waals surface area contributed by atoms with E-state index in [0.717, 1.165) is 30.3 Å². The van der Waals surface area contributed by atoms with Crippen molar-refractivity contribution in [2.24, 2.45) is 5.73 Å². The summed E-state index contributed by atoms with van der Waals surface area (Å²) in [6, 6.07) is -0.520. The van der Waals surface area contributed by atoms with Crippen molar-refractivity contribution in [3.63, 3.8) is 0 Å². The van der Waals surface area contributed by atoms with Crippen LogP contribution >= 0.6 is 0 Å². The van der Waals surface area contributed by atoms with E-state index in [1.807, 2.05) is 24.4 Å². The highest BCUT2D eigenvalue weighted by Gasteiger charge is 2.37. The highest BCUT2D eigenvalue weighted by Crippen LogP contribution is 2.39. The number of hydrogen-bond donors (Lipinski definition) is 3. The maximum atomic E-state index is 13.3. The van der Waals surface area contributed by atoms with Crippen molar-refractivity contribution in [2.75, 3.05) is 36.5 Å². The first-order valence-corrected chi connectivity index (χ1v) is 11.7. The van der Waals surface area contributed by atoms with Crippen LogP contribution in [0.5, 0.6) is 0 Å². The fourth-order valence-corrected chi connectivity index (χ4v) is 4.33. The van der Waals surface area contributed by atoms with E-state index in [1.165, 1.54) is 18.4 Å². The molecule has 2 aromatic heterocycles. The van der Waals surface area contributed by atoms with Gasteiger partial charge in [0.2, 0.25) is 5.95 Å². The molecule has 0 saturated heterocycles. The molecule has 4 rings (SSSR count). The minimum absolute atomic E-state index is 0.0954. The van der Waals surface area contributed by atoms with Crippen LogP contribution in [0.3, 0.4) is 0 Å². The van der Waals surface area contributed by atoms with Crippen LogP contribution in [0.2, 0.25) is 0 Å². The summed E-state index contributed by atoms with van der Waals surface area (Å²) in [4.78, 5) is 22.8. The van der Waals surface area contributed by atoms with Crippen molar-refractivity contribution >= 4 is 11.6 Å². The van der Waals surface area contributed by atoms with Crippen molar-refractivity contribution in [1.82, 2.24) is 20.2 Å². The molecule has 12 heteroatoms. The monoisotopic (exact) mass is 493 g/mol. The van der Waals surface area contributed by atoms with Gasteiger partial charge in [-0.05, 0) is 50.2 Å². The third-order valence-corrected chi connectivity index (χ3v) is 6.31. The number of hydrogen-bond acceptors (Lipinski definition) is 8. The molecular weight excluding hydrogens is 463 g/mol. The SMILES string of the molecule is CC1=C([C@@H](CN)OCC(C)Nc2cn[nH]c(=O)c2C(F)(F)F)CCN(c2ncc(C3CC3)cn2)C1. The highest BCUT2D eigenvalue weighted by atomic mass is 19.4. The van der Waals surface area contributed by atoms with Gasteiger partial charge >= 0.3 is 6.18 Å². The second-order valence-corrected chi connectivity index (χ2v) is 9.16. The minimum atomic E-state index is -4.81. The van der Waals surface area contributed by atoms with E-state index in [9.17, 15) is 18.0 Å². The van der Waals surface area contributed by atoms with Gasteiger partial charge in [0, 0.05) is 38.1 Å². The maximum absolute atomic E-state index is 13.3. The van der Waals surface area contributed by atoms with Gasteiger partial charge in [0.15, 0.2) is 0 Å². The number of nitrogens with two attached hydrogens (primary N) is 1. The molecule has 190 valence electrons. The first-order chi connectivity index (χ1) is 16.7. The molecule has 1 unspecified atom stereocenters. The van der Waals surface area contributed by atoms with Crippen molar-refractivity contribution in [3.8, 4) is 0 Å². The predicted octanol–water partition coefficient (Wildman–Crippen LogP) is 2.83. The van der Waals surface area contributed by atoms with Crippen LogP contribution in [0.25, 0.3) is 0 Å². The van der Waals surface area contributed by atoms with E-state index in [-0.39, 0.29) is 19.3 Å². The fraction of sp³-hybridized carbons (Fsp3) is 0.565. The summed E-state index contributed by atoms with van der Waals surface area (Å²) >= 11 is 0. The van der Waals surface area contributed by atoms with Crippen LogP contribution < -0.4 is 21.5 Å². The molecule has 0 amide bonds. The predicted molar refractivity (Wildman–Crippen MR) is 125 cm³/mol. The number of halogens is 3. The Morgan fingerprint density at radius 2 is 2.00 bits per heavy atom. The van der Waals surface area contributed by atoms with E-state index < -0.39 is 29.0 Å².